The first-order chi connectivity index (χ1) is 11.3. The van der Waals surface area contributed by atoms with E-state index in [2.05, 4.69) is 34.5 Å². The fourth-order valence-electron chi connectivity index (χ4n) is 3.37. The Hall–Kier alpha value is -2.17. The molecular weight excluding hydrogens is 288 g/mol. The molecule has 2 aliphatic heterocycles. The molecule has 4 nitrogen and oxygen atoms in total. The molecule has 1 fully saturated rings. The minimum atomic E-state index is -0.191. The molecule has 2 aliphatic rings. The van der Waals surface area contributed by atoms with Crippen LogP contribution in [0.2, 0.25) is 0 Å². The number of amides is 1. The third-order valence-corrected chi connectivity index (χ3v) is 4.61. The molecule has 0 bridgehead atoms. The van der Waals surface area contributed by atoms with Crippen molar-refractivity contribution in [2.75, 3.05) is 31.6 Å². The summed E-state index contributed by atoms with van der Waals surface area (Å²) >= 11 is 0. The van der Waals surface area contributed by atoms with Gasteiger partial charge in [0.2, 0.25) is 5.91 Å². The summed E-state index contributed by atoms with van der Waals surface area (Å²) in [5.74, 6) is -0.129. The second kappa shape index (κ2) is 6.14. The number of hydrogen-bond acceptors (Lipinski definition) is 3. The number of para-hydroxylation sites is 1. The molecule has 0 saturated carbocycles. The summed E-state index contributed by atoms with van der Waals surface area (Å²) in [6.45, 7) is 4.55. The summed E-state index contributed by atoms with van der Waals surface area (Å²) in [5.41, 5.74) is 4.33. The first-order valence-electron chi connectivity index (χ1n) is 8.10. The molecule has 2 heterocycles. The molecule has 0 spiro atoms. The molecule has 4 heteroatoms. The van der Waals surface area contributed by atoms with Gasteiger partial charge in [0.15, 0.2) is 0 Å². The van der Waals surface area contributed by atoms with Crippen molar-refractivity contribution in [1.82, 2.24) is 4.90 Å². The van der Waals surface area contributed by atoms with Crippen LogP contribution in [0.5, 0.6) is 0 Å². The van der Waals surface area contributed by atoms with Crippen LogP contribution >= 0.6 is 0 Å². The first kappa shape index (κ1) is 14.4. The number of rotatable bonds is 3. The maximum Gasteiger partial charge on any atom is 0.236 e. The lowest BCUT2D eigenvalue weighted by atomic mass is 9.92. The smallest absolute Gasteiger partial charge is 0.236 e. The lowest BCUT2D eigenvalue weighted by Gasteiger charge is -2.26. The highest BCUT2D eigenvalue weighted by Crippen LogP contribution is 2.36. The summed E-state index contributed by atoms with van der Waals surface area (Å²) in [6, 6.07) is 16.4. The van der Waals surface area contributed by atoms with Crippen molar-refractivity contribution in [2.24, 2.45) is 0 Å². The molecule has 2 aromatic rings. The van der Waals surface area contributed by atoms with E-state index in [0.29, 0.717) is 0 Å². The van der Waals surface area contributed by atoms with Gasteiger partial charge in [-0.2, -0.15) is 0 Å². The number of nitrogens with zero attached hydrogens (tertiary/aromatic N) is 1. The van der Waals surface area contributed by atoms with Crippen LogP contribution < -0.4 is 5.32 Å². The second-order valence-corrected chi connectivity index (χ2v) is 6.14. The van der Waals surface area contributed by atoms with Crippen molar-refractivity contribution in [1.29, 1.82) is 0 Å². The van der Waals surface area contributed by atoms with Crippen molar-refractivity contribution < 1.29 is 9.53 Å². The van der Waals surface area contributed by atoms with Crippen LogP contribution in [0.25, 0.3) is 0 Å². The van der Waals surface area contributed by atoms with E-state index in [1.807, 2.05) is 24.3 Å². The molecule has 4 rings (SSSR count). The summed E-state index contributed by atoms with van der Waals surface area (Å²) in [5, 5.41) is 2.97. The van der Waals surface area contributed by atoms with Gasteiger partial charge < -0.3 is 10.1 Å². The van der Waals surface area contributed by atoms with Crippen LogP contribution in [0.4, 0.5) is 5.69 Å². The third kappa shape index (κ3) is 2.87. The molecule has 1 amide bonds. The molecule has 0 aromatic heterocycles. The van der Waals surface area contributed by atoms with E-state index < -0.39 is 0 Å². The monoisotopic (exact) mass is 308 g/mol. The lowest BCUT2D eigenvalue weighted by molar-refractivity contribution is -0.116. The molecular formula is C19H20N2O2. The number of ether oxygens (including phenoxy) is 1. The molecule has 2 aromatic carbocycles. The molecule has 1 atom stereocenters. The Labute approximate surface area is 136 Å². The van der Waals surface area contributed by atoms with Gasteiger partial charge in [-0.3, -0.25) is 9.69 Å². The van der Waals surface area contributed by atoms with E-state index >= 15 is 0 Å². The summed E-state index contributed by atoms with van der Waals surface area (Å²) in [6.07, 6.45) is 0. The Kier molecular flexibility index (Phi) is 3.85. The zero-order valence-electron chi connectivity index (χ0n) is 13.0. The SMILES string of the molecule is O=C1Nc2ccccc2C1c1ccc(CN2CCOCC2)cc1. The normalized spacial score (nSPS) is 21.0. The number of nitrogens with one attached hydrogen (secondary N) is 1. The van der Waals surface area contributed by atoms with Crippen molar-refractivity contribution in [3.63, 3.8) is 0 Å². The number of anilines is 1. The minimum absolute atomic E-state index is 0.0622. The molecule has 1 N–H and O–H groups in total. The van der Waals surface area contributed by atoms with Gasteiger partial charge in [0.1, 0.15) is 0 Å². The van der Waals surface area contributed by atoms with Crippen molar-refractivity contribution >= 4 is 11.6 Å². The Morgan fingerprint density at radius 2 is 1.78 bits per heavy atom. The number of benzene rings is 2. The highest BCUT2D eigenvalue weighted by Gasteiger charge is 2.31. The van der Waals surface area contributed by atoms with E-state index in [0.717, 1.165) is 49.7 Å². The minimum Gasteiger partial charge on any atom is -0.379 e. The summed E-state index contributed by atoms with van der Waals surface area (Å²) < 4.78 is 5.38. The first-order valence-corrected chi connectivity index (χ1v) is 8.10. The number of carbonyl (C=O) groups is 1. The number of fused-ring (bicyclic) bond motifs is 1. The summed E-state index contributed by atoms with van der Waals surface area (Å²) in [7, 11) is 0. The third-order valence-electron chi connectivity index (χ3n) is 4.61. The molecule has 1 unspecified atom stereocenters. The maximum atomic E-state index is 12.3. The fraction of sp³-hybridized carbons (Fsp3) is 0.316. The maximum absolute atomic E-state index is 12.3. The largest absolute Gasteiger partial charge is 0.379 e. The van der Waals surface area contributed by atoms with Crippen LogP contribution in [0, 0.1) is 0 Å². The quantitative estimate of drug-likeness (QED) is 0.947. The van der Waals surface area contributed by atoms with Crippen LogP contribution in [0.15, 0.2) is 48.5 Å². The predicted molar refractivity (Wildman–Crippen MR) is 89.5 cm³/mol. The zero-order valence-corrected chi connectivity index (χ0v) is 13.0. The Balaban J connectivity index is 1.53. The van der Waals surface area contributed by atoms with Gasteiger partial charge in [0.05, 0.1) is 19.1 Å². The zero-order chi connectivity index (χ0) is 15.6. The number of hydrogen-bond donors (Lipinski definition) is 1. The van der Waals surface area contributed by atoms with Crippen LogP contribution in [-0.4, -0.2) is 37.1 Å². The fourth-order valence-corrected chi connectivity index (χ4v) is 3.37. The highest BCUT2D eigenvalue weighted by molar-refractivity contribution is 6.05. The highest BCUT2D eigenvalue weighted by atomic mass is 16.5. The van der Waals surface area contributed by atoms with Crippen molar-refractivity contribution in [3.05, 3.63) is 65.2 Å². The molecule has 0 radical (unpaired) electrons. The standard InChI is InChI=1S/C19H20N2O2/c22-19-18(16-3-1-2-4-17(16)20-19)15-7-5-14(6-8-15)13-21-9-11-23-12-10-21/h1-8,18H,9-13H2,(H,20,22). The Bertz CT molecular complexity index is 706. The van der Waals surface area contributed by atoms with E-state index in [4.69, 9.17) is 4.74 Å². The summed E-state index contributed by atoms with van der Waals surface area (Å²) in [4.78, 5) is 14.7. The Morgan fingerprint density at radius 1 is 1.04 bits per heavy atom. The molecule has 118 valence electrons. The van der Waals surface area contributed by atoms with Gasteiger partial charge in [-0.25, -0.2) is 0 Å². The van der Waals surface area contributed by atoms with Crippen LogP contribution in [0.3, 0.4) is 0 Å². The second-order valence-electron chi connectivity index (χ2n) is 6.14. The Morgan fingerprint density at radius 3 is 2.57 bits per heavy atom. The van der Waals surface area contributed by atoms with Gasteiger partial charge in [-0.05, 0) is 22.8 Å². The van der Waals surface area contributed by atoms with Gasteiger partial charge in [-0.15, -0.1) is 0 Å². The van der Waals surface area contributed by atoms with Crippen molar-refractivity contribution in [2.45, 2.75) is 12.5 Å². The van der Waals surface area contributed by atoms with E-state index in [9.17, 15) is 4.79 Å². The van der Waals surface area contributed by atoms with E-state index in [-0.39, 0.29) is 11.8 Å². The molecule has 0 aliphatic carbocycles. The average molecular weight is 308 g/mol. The van der Waals surface area contributed by atoms with Crippen molar-refractivity contribution in [3.8, 4) is 0 Å². The molecule has 23 heavy (non-hydrogen) atoms. The predicted octanol–water partition coefficient (Wildman–Crippen LogP) is 2.60. The number of carbonyl (C=O) groups excluding carboxylic acids is 1. The van der Waals surface area contributed by atoms with Crippen LogP contribution in [0.1, 0.15) is 22.6 Å². The average Bonchev–Trinajstić information content (AvgIpc) is 2.92. The topological polar surface area (TPSA) is 41.6 Å². The van der Waals surface area contributed by atoms with E-state index in [1.165, 1.54) is 5.56 Å². The van der Waals surface area contributed by atoms with Gasteiger partial charge >= 0.3 is 0 Å². The van der Waals surface area contributed by atoms with Crippen LogP contribution in [-0.2, 0) is 16.1 Å². The van der Waals surface area contributed by atoms with Gasteiger partial charge in [0.25, 0.3) is 0 Å². The number of morpholine rings is 1. The lowest BCUT2D eigenvalue weighted by Crippen LogP contribution is -2.35. The van der Waals surface area contributed by atoms with Gasteiger partial charge in [-0.1, -0.05) is 42.5 Å². The van der Waals surface area contributed by atoms with Gasteiger partial charge in [0, 0.05) is 25.3 Å². The van der Waals surface area contributed by atoms with E-state index in [1.54, 1.807) is 0 Å². The molecule has 1 saturated heterocycles.